The number of aryl methyl sites for hydroxylation is 2. The summed E-state index contributed by atoms with van der Waals surface area (Å²) in [5.41, 5.74) is 1.35. The van der Waals surface area contributed by atoms with Crippen molar-refractivity contribution in [3.05, 3.63) is 17.5 Å². The second-order valence-corrected chi connectivity index (χ2v) is 4.92. The minimum absolute atomic E-state index is 0.117. The standard InChI is InChI=1S/C13H19N3O3/c1-3-16-11(7-9(2)14-16)12(17)15-6-4-5-10(8-15)13(18)19/h7,10H,3-6,8H2,1-2H3,(H,18,19). The summed E-state index contributed by atoms with van der Waals surface area (Å²) in [5, 5.41) is 13.3. The third-order valence-electron chi connectivity index (χ3n) is 3.48. The first kappa shape index (κ1) is 13.6. The Morgan fingerprint density at radius 2 is 2.26 bits per heavy atom. The summed E-state index contributed by atoms with van der Waals surface area (Å²) in [7, 11) is 0. The molecule has 1 amide bonds. The summed E-state index contributed by atoms with van der Waals surface area (Å²) in [5.74, 6) is -1.39. The van der Waals surface area contributed by atoms with Crippen LogP contribution in [0.25, 0.3) is 0 Å². The molecule has 0 radical (unpaired) electrons. The molecule has 6 nitrogen and oxygen atoms in total. The molecule has 0 aromatic carbocycles. The largest absolute Gasteiger partial charge is 0.481 e. The third kappa shape index (κ3) is 2.77. The van der Waals surface area contributed by atoms with E-state index in [2.05, 4.69) is 5.10 Å². The molecular formula is C13H19N3O3. The maximum atomic E-state index is 12.4. The molecule has 1 aromatic heterocycles. The number of hydrogen-bond donors (Lipinski definition) is 1. The Morgan fingerprint density at radius 3 is 2.89 bits per heavy atom. The summed E-state index contributed by atoms with van der Waals surface area (Å²) in [6.07, 6.45) is 1.38. The molecule has 1 N–H and O–H groups in total. The predicted octanol–water partition coefficient (Wildman–Crippen LogP) is 1.15. The van der Waals surface area contributed by atoms with E-state index in [1.54, 1.807) is 15.6 Å². The maximum Gasteiger partial charge on any atom is 0.308 e. The Morgan fingerprint density at radius 1 is 1.53 bits per heavy atom. The zero-order valence-electron chi connectivity index (χ0n) is 11.3. The number of hydrogen-bond acceptors (Lipinski definition) is 3. The van der Waals surface area contributed by atoms with E-state index < -0.39 is 11.9 Å². The van der Waals surface area contributed by atoms with E-state index in [4.69, 9.17) is 5.11 Å². The molecule has 2 rings (SSSR count). The van der Waals surface area contributed by atoms with Crippen LogP contribution in [0, 0.1) is 12.8 Å². The van der Waals surface area contributed by atoms with Gasteiger partial charge in [-0.15, -0.1) is 0 Å². The highest BCUT2D eigenvalue weighted by molar-refractivity contribution is 5.93. The van der Waals surface area contributed by atoms with Crippen molar-refractivity contribution in [1.82, 2.24) is 14.7 Å². The van der Waals surface area contributed by atoms with Crippen LogP contribution in [-0.4, -0.2) is 44.8 Å². The molecule has 2 heterocycles. The molecule has 1 unspecified atom stereocenters. The Hall–Kier alpha value is -1.85. The number of rotatable bonds is 3. The summed E-state index contributed by atoms with van der Waals surface area (Å²) in [6, 6.07) is 1.76. The predicted molar refractivity (Wildman–Crippen MR) is 68.9 cm³/mol. The van der Waals surface area contributed by atoms with Crippen molar-refractivity contribution in [2.24, 2.45) is 5.92 Å². The molecule has 104 valence electrons. The number of carboxylic acid groups (broad SMARTS) is 1. The van der Waals surface area contributed by atoms with Crippen molar-refractivity contribution in [2.75, 3.05) is 13.1 Å². The van der Waals surface area contributed by atoms with Crippen molar-refractivity contribution in [1.29, 1.82) is 0 Å². The fourth-order valence-corrected chi connectivity index (χ4v) is 2.48. The third-order valence-corrected chi connectivity index (χ3v) is 3.48. The molecule has 1 atom stereocenters. The van der Waals surface area contributed by atoms with Crippen LogP contribution in [0.1, 0.15) is 35.9 Å². The van der Waals surface area contributed by atoms with Crippen LogP contribution in [0.5, 0.6) is 0 Å². The number of nitrogens with zero attached hydrogens (tertiary/aromatic N) is 3. The second kappa shape index (κ2) is 5.42. The highest BCUT2D eigenvalue weighted by Gasteiger charge is 2.29. The first-order valence-electron chi connectivity index (χ1n) is 6.59. The quantitative estimate of drug-likeness (QED) is 0.889. The minimum atomic E-state index is -0.822. The van der Waals surface area contributed by atoms with Gasteiger partial charge in [0.25, 0.3) is 5.91 Å². The van der Waals surface area contributed by atoms with Crippen LogP contribution in [0.2, 0.25) is 0 Å². The zero-order chi connectivity index (χ0) is 14.0. The number of carbonyl (C=O) groups is 2. The van der Waals surface area contributed by atoms with Crippen molar-refractivity contribution < 1.29 is 14.7 Å². The van der Waals surface area contributed by atoms with Crippen LogP contribution in [0.15, 0.2) is 6.07 Å². The van der Waals surface area contributed by atoms with Crippen molar-refractivity contribution >= 4 is 11.9 Å². The molecule has 19 heavy (non-hydrogen) atoms. The Labute approximate surface area is 112 Å². The number of amides is 1. The Bertz CT molecular complexity index is 495. The van der Waals surface area contributed by atoms with E-state index in [-0.39, 0.29) is 5.91 Å². The minimum Gasteiger partial charge on any atom is -0.481 e. The van der Waals surface area contributed by atoms with Gasteiger partial charge >= 0.3 is 5.97 Å². The lowest BCUT2D eigenvalue weighted by molar-refractivity contribution is -0.143. The average Bonchev–Trinajstić information content (AvgIpc) is 2.79. The van der Waals surface area contributed by atoms with Gasteiger partial charge in [0.1, 0.15) is 5.69 Å². The average molecular weight is 265 g/mol. The van der Waals surface area contributed by atoms with E-state index >= 15 is 0 Å². The summed E-state index contributed by atoms with van der Waals surface area (Å²) in [4.78, 5) is 25.1. The Balaban J connectivity index is 2.16. The maximum absolute atomic E-state index is 12.4. The number of likely N-dealkylation sites (tertiary alicyclic amines) is 1. The first-order chi connectivity index (χ1) is 9.02. The van der Waals surface area contributed by atoms with Gasteiger partial charge in [0.15, 0.2) is 0 Å². The lowest BCUT2D eigenvalue weighted by Crippen LogP contribution is -2.43. The van der Waals surface area contributed by atoms with Crippen molar-refractivity contribution in [2.45, 2.75) is 33.2 Å². The lowest BCUT2D eigenvalue weighted by Gasteiger charge is -2.30. The molecular weight excluding hydrogens is 246 g/mol. The number of aliphatic carboxylic acids is 1. The molecule has 1 aliphatic heterocycles. The van der Waals surface area contributed by atoms with Crippen LogP contribution in [-0.2, 0) is 11.3 Å². The Kier molecular flexibility index (Phi) is 3.87. The number of aromatic nitrogens is 2. The van der Waals surface area contributed by atoms with E-state index in [1.807, 2.05) is 13.8 Å². The van der Waals surface area contributed by atoms with E-state index in [0.29, 0.717) is 31.7 Å². The fraction of sp³-hybridized carbons (Fsp3) is 0.615. The van der Waals surface area contributed by atoms with Crippen LogP contribution in [0.3, 0.4) is 0 Å². The smallest absolute Gasteiger partial charge is 0.308 e. The van der Waals surface area contributed by atoms with Gasteiger partial charge in [0.05, 0.1) is 11.6 Å². The molecule has 1 fully saturated rings. The highest BCUT2D eigenvalue weighted by atomic mass is 16.4. The SMILES string of the molecule is CCn1nc(C)cc1C(=O)N1CCCC(C(=O)O)C1. The fourth-order valence-electron chi connectivity index (χ4n) is 2.48. The molecule has 1 saturated heterocycles. The van der Waals surface area contributed by atoms with Gasteiger partial charge in [-0.25, -0.2) is 0 Å². The molecule has 6 heteroatoms. The van der Waals surface area contributed by atoms with Gasteiger partial charge in [0, 0.05) is 19.6 Å². The number of carboxylic acids is 1. The molecule has 1 aliphatic rings. The normalized spacial score (nSPS) is 19.5. The number of carbonyl (C=O) groups excluding carboxylic acids is 1. The van der Waals surface area contributed by atoms with E-state index in [1.165, 1.54) is 0 Å². The number of piperidine rings is 1. The zero-order valence-corrected chi connectivity index (χ0v) is 11.3. The lowest BCUT2D eigenvalue weighted by atomic mass is 9.98. The van der Waals surface area contributed by atoms with E-state index in [0.717, 1.165) is 12.1 Å². The first-order valence-corrected chi connectivity index (χ1v) is 6.59. The summed E-state index contributed by atoms with van der Waals surface area (Å²) >= 11 is 0. The van der Waals surface area contributed by atoms with Crippen molar-refractivity contribution in [3.8, 4) is 0 Å². The summed E-state index contributed by atoms with van der Waals surface area (Å²) < 4.78 is 1.67. The highest BCUT2D eigenvalue weighted by Crippen LogP contribution is 2.19. The van der Waals surface area contributed by atoms with Gasteiger partial charge in [-0.3, -0.25) is 14.3 Å². The van der Waals surface area contributed by atoms with Gasteiger partial charge < -0.3 is 10.0 Å². The second-order valence-electron chi connectivity index (χ2n) is 4.92. The van der Waals surface area contributed by atoms with E-state index in [9.17, 15) is 9.59 Å². The van der Waals surface area contributed by atoms with Gasteiger partial charge in [0.2, 0.25) is 0 Å². The molecule has 1 aromatic rings. The van der Waals surface area contributed by atoms with Crippen LogP contribution in [0.4, 0.5) is 0 Å². The molecule has 0 aliphatic carbocycles. The monoisotopic (exact) mass is 265 g/mol. The molecule has 0 bridgehead atoms. The summed E-state index contributed by atoms with van der Waals surface area (Å²) in [6.45, 7) is 5.32. The van der Waals surface area contributed by atoms with Crippen molar-refractivity contribution in [3.63, 3.8) is 0 Å². The molecule has 0 spiro atoms. The van der Waals surface area contributed by atoms with Gasteiger partial charge in [-0.1, -0.05) is 0 Å². The molecule has 0 saturated carbocycles. The topological polar surface area (TPSA) is 75.4 Å². The van der Waals surface area contributed by atoms with Gasteiger partial charge in [-0.2, -0.15) is 5.10 Å². The van der Waals surface area contributed by atoms with Crippen LogP contribution >= 0.6 is 0 Å². The van der Waals surface area contributed by atoms with Crippen LogP contribution < -0.4 is 0 Å². The van der Waals surface area contributed by atoms with Gasteiger partial charge in [-0.05, 0) is 32.8 Å².